The summed E-state index contributed by atoms with van der Waals surface area (Å²) in [5.41, 5.74) is -1.25. The molecule has 0 bridgehead atoms. The van der Waals surface area contributed by atoms with Crippen molar-refractivity contribution in [3.63, 3.8) is 0 Å². The fourth-order valence-electron chi connectivity index (χ4n) is 6.58. The van der Waals surface area contributed by atoms with Gasteiger partial charge in [0.25, 0.3) is 17.4 Å². The zero-order valence-electron chi connectivity index (χ0n) is 41.5. The Morgan fingerprint density at radius 2 is 0.627 bits per heavy atom. The molecule has 30 heteroatoms. The van der Waals surface area contributed by atoms with Gasteiger partial charge in [-0.05, 0) is 16.7 Å². The zero-order chi connectivity index (χ0) is 56.3. The lowest BCUT2D eigenvalue weighted by atomic mass is 10.0. The number of ether oxygens (including phenoxy) is 6. The van der Waals surface area contributed by atoms with Gasteiger partial charge in [0.05, 0.1) is 51.1 Å². The number of carbonyl (C=O) groups excluding carboxylic acids is 12. The van der Waals surface area contributed by atoms with Crippen LogP contribution in [0.25, 0.3) is 0 Å². The van der Waals surface area contributed by atoms with Gasteiger partial charge in [-0.2, -0.15) is 0 Å². The standard InChI is InChI=1S/C45H54N6O21S3/c1-19(52)49-25(34(55)56)16-73-31(28-37(61)67-43(4,5)68-38(28)62)46-13-22-10-23(14-47-32(74-17-26(35(57)58)50-20(2)53)29-39(63)69-44(6,7)70-40(29)64)12-24(11-22)15-48-33(75-18-27(36(59)60)51-21(3)54)30-41(65)71-45(8,9)72-42(30)66/h10-12,25-27,46-48H,13-18H2,1-9H3,(H,49,52)(H,50,53)(H,51,54)(H,55,56)(H,57,58)(H,59,60)/p-3. The summed E-state index contributed by atoms with van der Waals surface area (Å²) in [5.74, 6) is -21.0. The molecule has 27 nitrogen and oxygen atoms in total. The predicted molar refractivity (Wildman–Crippen MR) is 252 cm³/mol. The molecular formula is C45H51N6O21S3-3. The van der Waals surface area contributed by atoms with Crippen molar-refractivity contribution in [3.05, 3.63) is 66.7 Å². The van der Waals surface area contributed by atoms with E-state index in [-0.39, 0.29) is 51.4 Å². The molecule has 3 unspecified atom stereocenters. The molecule has 3 fully saturated rings. The van der Waals surface area contributed by atoms with Crippen molar-refractivity contribution in [1.29, 1.82) is 0 Å². The Bertz CT molecular complexity index is 2300. The molecule has 0 radical (unpaired) electrons. The minimum atomic E-state index is -1.71. The molecule has 6 N–H and O–H groups in total. The first-order chi connectivity index (χ1) is 34.8. The van der Waals surface area contributed by atoms with E-state index in [4.69, 9.17) is 28.4 Å². The molecule has 0 spiro atoms. The van der Waals surface area contributed by atoms with Crippen LogP contribution < -0.4 is 47.2 Å². The lowest BCUT2D eigenvalue weighted by molar-refractivity contribution is -0.308. The number of carboxylic acids is 3. The molecule has 75 heavy (non-hydrogen) atoms. The van der Waals surface area contributed by atoms with Gasteiger partial charge in [-0.1, -0.05) is 18.2 Å². The van der Waals surface area contributed by atoms with Crippen LogP contribution in [0.1, 0.15) is 79.0 Å². The number of hydrogen-bond donors (Lipinski definition) is 6. The van der Waals surface area contributed by atoms with Crippen molar-refractivity contribution in [2.75, 3.05) is 17.3 Å². The van der Waals surface area contributed by atoms with E-state index < -0.39 is 141 Å². The lowest BCUT2D eigenvalue weighted by Crippen LogP contribution is -2.49. The lowest BCUT2D eigenvalue weighted by Gasteiger charge is -2.31. The minimum Gasteiger partial charge on any atom is -0.548 e. The molecule has 4 rings (SSSR count). The Morgan fingerprint density at radius 3 is 0.800 bits per heavy atom. The summed E-state index contributed by atoms with van der Waals surface area (Å²) >= 11 is 1.79. The summed E-state index contributed by atoms with van der Waals surface area (Å²) in [6.45, 7) is 9.85. The summed E-state index contributed by atoms with van der Waals surface area (Å²) in [6.07, 6.45) is 0. The predicted octanol–water partition coefficient (Wildman–Crippen LogP) is -3.94. The molecule has 3 aliphatic heterocycles. The van der Waals surface area contributed by atoms with Gasteiger partial charge in [-0.25, -0.2) is 28.8 Å². The first-order valence-electron chi connectivity index (χ1n) is 22.0. The van der Waals surface area contributed by atoms with Crippen molar-refractivity contribution in [3.8, 4) is 0 Å². The molecule has 1 aromatic rings. The highest BCUT2D eigenvalue weighted by Gasteiger charge is 2.44. The average Bonchev–Trinajstić information content (AvgIpc) is 3.24. The Kier molecular flexibility index (Phi) is 20.2. The Labute approximate surface area is 439 Å². The first-order valence-corrected chi connectivity index (χ1v) is 25.0. The van der Waals surface area contributed by atoms with E-state index in [1.165, 1.54) is 59.7 Å². The maximum absolute atomic E-state index is 13.3. The van der Waals surface area contributed by atoms with E-state index in [0.29, 0.717) is 35.3 Å². The van der Waals surface area contributed by atoms with E-state index in [0.717, 1.165) is 20.8 Å². The van der Waals surface area contributed by atoms with Crippen LogP contribution in [-0.4, -0.2) is 124 Å². The van der Waals surface area contributed by atoms with Crippen LogP contribution in [0.5, 0.6) is 0 Å². The van der Waals surface area contributed by atoms with Crippen LogP contribution in [0.3, 0.4) is 0 Å². The number of benzene rings is 1. The normalized spacial score (nSPS) is 17.6. The number of esters is 6. The van der Waals surface area contributed by atoms with Crippen LogP contribution in [0, 0.1) is 0 Å². The van der Waals surface area contributed by atoms with Gasteiger partial charge in [0, 0.05) is 99.2 Å². The van der Waals surface area contributed by atoms with Gasteiger partial charge < -0.3 is 90.0 Å². The number of hydrogen-bond acceptors (Lipinski definition) is 27. The average molecular weight is 1110 g/mol. The van der Waals surface area contributed by atoms with Crippen LogP contribution in [0.2, 0.25) is 0 Å². The molecule has 3 heterocycles. The molecule has 0 aromatic heterocycles. The van der Waals surface area contributed by atoms with E-state index in [9.17, 15) is 72.9 Å². The number of thioether (sulfide) groups is 3. The number of nitrogens with one attached hydrogen (secondary N) is 6. The zero-order valence-corrected chi connectivity index (χ0v) is 44.0. The van der Waals surface area contributed by atoms with Crippen molar-refractivity contribution in [1.82, 2.24) is 31.9 Å². The summed E-state index contributed by atoms with van der Waals surface area (Å²) in [7, 11) is 0. The van der Waals surface area contributed by atoms with Crippen molar-refractivity contribution < 1.29 is 101 Å². The first kappa shape index (κ1) is 60.1. The maximum Gasteiger partial charge on any atom is 0.351 e. The van der Waals surface area contributed by atoms with Crippen LogP contribution in [-0.2, 0) is 106 Å². The van der Waals surface area contributed by atoms with Crippen molar-refractivity contribution >= 4 is 107 Å². The fraction of sp³-hybridized carbons (Fsp3) is 0.467. The molecule has 3 aliphatic rings. The number of cyclic esters (lactones) is 6. The van der Waals surface area contributed by atoms with E-state index >= 15 is 0 Å². The summed E-state index contributed by atoms with van der Waals surface area (Å²) < 4.78 is 31.7. The highest BCUT2D eigenvalue weighted by atomic mass is 32.2. The Balaban J connectivity index is 1.86. The molecule has 3 amide bonds. The molecule has 3 saturated heterocycles. The Morgan fingerprint density at radius 1 is 0.427 bits per heavy atom. The number of amides is 3. The monoisotopic (exact) mass is 1110 g/mol. The topological polar surface area (TPSA) is 402 Å². The summed E-state index contributed by atoms with van der Waals surface area (Å²) in [6, 6.07) is -0.379. The molecule has 0 saturated carbocycles. The second-order valence-electron chi connectivity index (χ2n) is 17.5. The second-order valence-corrected chi connectivity index (χ2v) is 20.6. The third-order valence-electron chi connectivity index (χ3n) is 9.58. The van der Waals surface area contributed by atoms with E-state index in [2.05, 4.69) is 31.9 Å². The number of carboxylic acid groups (broad SMARTS) is 3. The van der Waals surface area contributed by atoms with Crippen molar-refractivity contribution in [2.45, 2.75) is 117 Å². The highest BCUT2D eigenvalue weighted by Crippen LogP contribution is 2.32. The van der Waals surface area contributed by atoms with Crippen LogP contribution >= 0.6 is 35.3 Å². The van der Waals surface area contributed by atoms with Gasteiger partial charge in [0.2, 0.25) is 17.7 Å². The molecule has 0 aliphatic carbocycles. The number of rotatable bonds is 24. The minimum absolute atomic E-state index is 0.270. The smallest absolute Gasteiger partial charge is 0.351 e. The molecular weight excluding hydrogens is 1060 g/mol. The van der Waals surface area contributed by atoms with Gasteiger partial charge >= 0.3 is 35.8 Å². The van der Waals surface area contributed by atoms with Gasteiger partial charge in [0.1, 0.15) is 0 Å². The molecule has 1 aromatic carbocycles. The third kappa shape index (κ3) is 17.9. The van der Waals surface area contributed by atoms with Gasteiger partial charge in [0.15, 0.2) is 16.7 Å². The van der Waals surface area contributed by atoms with E-state index in [1.807, 2.05) is 0 Å². The summed E-state index contributed by atoms with van der Waals surface area (Å²) in [4.78, 5) is 151. The number of aliphatic carboxylic acids is 3. The third-order valence-corrected chi connectivity index (χ3v) is 13.0. The molecule has 3 atom stereocenters. The SMILES string of the molecule is CC(=O)NC(CSC(NCc1cc(CNC(SCC(NC(C)=O)C(=O)[O-])=C2C(=O)OC(C)(C)OC2=O)cc(CNC(SCC(NC(C)=O)C(=O)[O-])=C2C(=O)OC(C)(C)OC2=O)c1)=C1C(=O)OC(C)(C)OC1=O)C(=O)[O-]. The Hall–Kier alpha value is -7.47. The van der Waals surface area contributed by atoms with Crippen LogP contribution in [0.4, 0.5) is 0 Å². The highest BCUT2D eigenvalue weighted by molar-refractivity contribution is 8.03. The van der Waals surface area contributed by atoms with Crippen LogP contribution in [0.15, 0.2) is 50.0 Å². The van der Waals surface area contributed by atoms with Gasteiger partial charge in [-0.15, -0.1) is 35.3 Å². The fourth-order valence-corrected chi connectivity index (χ4v) is 9.70. The number of carbonyl (C=O) groups is 12. The molecule has 408 valence electrons. The second kappa shape index (κ2) is 25.2. The van der Waals surface area contributed by atoms with Gasteiger partial charge in [-0.3, -0.25) is 14.4 Å². The summed E-state index contributed by atoms with van der Waals surface area (Å²) in [5, 5.41) is 50.3. The van der Waals surface area contributed by atoms with Crippen molar-refractivity contribution in [2.24, 2.45) is 0 Å². The largest absolute Gasteiger partial charge is 0.548 e. The van der Waals surface area contributed by atoms with E-state index in [1.54, 1.807) is 0 Å². The quantitative estimate of drug-likeness (QED) is 0.0249. The maximum atomic E-state index is 13.3.